The number of hydrogen-bond acceptors (Lipinski definition) is 7. The third-order valence-corrected chi connectivity index (χ3v) is 6.78. The molecule has 0 radical (unpaired) electrons. The summed E-state index contributed by atoms with van der Waals surface area (Å²) in [6.07, 6.45) is -4.07. The van der Waals surface area contributed by atoms with Crippen LogP contribution in [0.3, 0.4) is 0 Å². The van der Waals surface area contributed by atoms with Gasteiger partial charge in [0.05, 0.1) is 23.4 Å². The monoisotopic (exact) mass is 591 g/mol. The lowest BCUT2D eigenvalue weighted by atomic mass is 9.85. The van der Waals surface area contributed by atoms with Crippen molar-refractivity contribution in [2.45, 2.75) is 58.5 Å². The Labute approximate surface area is 239 Å². The molecule has 0 spiro atoms. The van der Waals surface area contributed by atoms with Crippen LogP contribution in [0, 0.1) is 0 Å². The number of aliphatic hydroxyl groups is 1. The number of nitrogens with two attached hydrogens (primary N) is 2. The van der Waals surface area contributed by atoms with Crippen LogP contribution in [0.4, 0.5) is 18.0 Å². The molecule has 0 bridgehead atoms. The van der Waals surface area contributed by atoms with Crippen molar-refractivity contribution in [3.8, 4) is 0 Å². The lowest BCUT2D eigenvalue weighted by molar-refractivity contribution is -0.138. The fourth-order valence-corrected chi connectivity index (χ4v) is 4.66. The number of hydrogen-bond donors (Lipinski definition) is 3. The maximum Gasteiger partial charge on any atom is 0.417 e. The Hall–Kier alpha value is -4.62. The van der Waals surface area contributed by atoms with Crippen LogP contribution in [-0.4, -0.2) is 57.3 Å². The summed E-state index contributed by atoms with van der Waals surface area (Å²) in [6, 6.07) is 6.07. The SMILES string of the molecule is CC(C)(C)c1cc(C(F)(F)F)cnc1COC(=O)N1Cc2ccc(C(=O)N3CCC(C(N)=O)=C(O)C3)cc2C1.NC=O. The second kappa shape index (κ2) is 12.5. The van der Waals surface area contributed by atoms with Gasteiger partial charge >= 0.3 is 12.3 Å². The Morgan fingerprint density at radius 2 is 1.71 bits per heavy atom. The molecule has 1 aromatic carbocycles. The zero-order valence-corrected chi connectivity index (χ0v) is 23.3. The number of primary amides is 2. The normalized spacial score (nSPS) is 15.0. The van der Waals surface area contributed by atoms with Gasteiger partial charge in [-0.05, 0) is 46.7 Å². The Balaban J connectivity index is 0.00000155. The van der Waals surface area contributed by atoms with Gasteiger partial charge in [0.15, 0.2) is 0 Å². The fourth-order valence-electron chi connectivity index (χ4n) is 4.66. The molecule has 42 heavy (non-hydrogen) atoms. The fraction of sp³-hybridized carbons (Fsp3) is 0.393. The second-order valence-corrected chi connectivity index (χ2v) is 10.8. The summed E-state index contributed by atoms with van der Waals surface area (Å²) in [4.78, 5) is 52.5. The minimum Gasteiger partial charge on any atom is -0.510 e. The van der Waals surface area contributed by atoms with E-state index in [-0.39, 0.29) is 68.6 Å². The lowest BCUT2D eigenvalue weighted by Crippen LogP contribution is -2.39. The van der Waals surface area contributed by atoms with Gasteiger partial charge in [-0.1, -0.05) is 26.8 Å². The zero-order chi connectivity index (χ0) is 31.4. The predicted molar refractivity (Wildman–Crippen MR) is 143 cm³/mol. The number of nitrogens with zero attached hydrogens (tertiary/aromatic N) is 3. The summed E-state index contributed by atoms with van der Waals surface area (Å²) in [5, 5.41) is 10.1. The molecule has 4 amide bonds. The molecular formula is C28H32F3N5O6. The molecule has 11 nitrogen and oxygen atoms in total. The third kappa shape index (κ3) is 7.36. The van der Waals surface area contributed by atoms with Crippen molar-refractivity contribution in [3.63, 3.8) is 0 Å². The number of halogens is 3. The van der Waals surface area contributed by atoms with Crippen LogP contribution in [0.25, 0.3) is 0 Å². The molecule has 14 heteroatoms. The van der Waals surface area contributed by atoms with Gasteiger partial charge in [0, 0.05) is 31.4 Å². The molecule has 0 unspecified atom stereocenters. The molecule has 3 heterocycles. The van der Waals surface area contributed by atoms with E-state index in [4.69, 9.17) is 15.3 Å². The Morgan fingerprint density at radius 1 is 1.07 bits per heavy atom. The highest BCUT2D eigenvalue weighted by molar-refractivity contribution is 5.96. The molecule has 0 saturated heterocycles. The summed E-state index contributed by atoms with van der Waals surface area (Å²) in [6.45, 7) is 5.49. The summed E-state index contributed by atoms with van der Waals surface area (Å²) in [5.74, 6) is -1.28. The van der Waals surface area contributed by atoms with Crippen LogP contribution in [0.5, 0.6) is 0 Å². The first-order chi connectivity index (χ1) is 19.6. The minimum atomic E-state index is -4.54. The first-order valence-electron chi connectivity index (χ1n) is 12.8. The molecule has 2 aliphatic heterocycles. The number of amides is 4. The van der Waals surface area contributed by atoms with Gasteiger partial charge in [-0.25, -0.2) is 4.79 Å². The largest absolute Gasteiger partial charge is 0.510 e. The van der Waals surface area contributed by atoms with Gasteiger partial charge in [-0.3, -0.25) is 24.3 Å². The van der Waals surface area contributed by atoms with Crippen LogP contribution in [-0.2, 0) is 45.6 Å². The van der Waals surface area contributed by atoms with Crippen molar-refractivity contribution in [1.29, 1.82) is 0 Å². The summed E-state index contributed by atoms with van der Waals surface area (Å²) in [5.41, 5.74) is 10.5. The summed E-state index contributed by atoms with van der Waals surface area (Å²) >= 11 is 0. The van der Waals surface area contributed by atoms with Crippen molar-refractivity contribution in [2.24, 2.45) is 11.5 Å². The molecule has 1 aromatic heterocycles. The number of aromatic nitrogens is 1. The molecule has 4 rings (SSSR count). The zero-order valence-electron chi connectivity index (χ0n) is 23.3. The van der Waals surface area contributed by atoms with E-state index in [1.54, 1.807) is 39.0 Å². The van der Waals surface area contributed by atoms with Crippen LogP contribution in [0.15, 0.2) is 41.8 Å². The molecule has 0 atom stereocenters. The van der Waals surface area contributed by atoms with Gasteiger partial charge in [0.1, 0.15) is 12.4 Å². The summed E-state index contributed by atoms with van der Waals surface area (Å²) < 4.78 is 45.0. The van der Waals surface area contributed by atoms with Gasteiger partial charge in [-0.2, -0.15) is 13.2 Å². The first kappa shape index (κ1) is 31.9. The molecule has 0 saturated carbocycles. The Kier molecular flexibility index (Phi) is 9.49. The van der Waals surface area contributed by atoms with Gasteiger partial charge in [0.25, 0.3) is 5.91 Å². The van der Waals surface area contributed by atoms with Crippen molar-refractivity contribution in [1.82, 2.24) is 14.8 Å². The predicted octanol–water partition coefficient (Wildman–Crippen LogP) is 3.30. The van der Waals surface area contributed by atoms with Crippen molar-refractivity contribution in [3.05, 3.63) is 75.3 Å². The number of alkyl halides is 3. The number of fused-ring (bicyclic) bond motifs is 1. The number of benzene rings is 1. The Bertz CT molecular complexity index is 1420. The standard InChI is InChI=1S/C27H29F3N4O5.CH3NO/c1-26(2,3)20-9-18(27(28,29)30)10-32-21(20)14-39-25(38)34-11-16-5-4-15(8-17(16)12-34)24(37)33-7-6-19(23(31)36)22(35)13-33;2-1-3/h4-5,8-10,35H,6-7,11-14H2,1-3H3,(H2,31,36);1H,(H2,2,3). The van der Waals surface area contributed by atoms with E-state index >= 15 is 0 Å². The van der Waals surface area contributed by atoms with Crippen LogP contribution >= 0.6 is 0 Å². The van der Waals surface area contributed by atoms with Crippen LogP contribution in [0.2, 0.25) is 0 Å². The molecule has 2 aromatic rings. The van der Waals surface area contributed by atoms with Gasteiger partial charge in [-0.15, -0.1) is 0 Å². The number of carbonyl (C=O) groups excluding carboxylic acids is 4. The average molecular weight is 592 g/mol. The number of carbonyl (C=O) groups is 4. The Morgan fingerprint density at radius 3 is 2.29 bits per heavy atom. The smallest absolute Gasteiger partial charge is 0.417 e. The minimum absolute atomic E-state index is 0.114. The van der Waals surface area contributed by atoms with Crippen molar-refractivity contribution >= 4 is 24.3 Å². The van der Waals surface area contributed by atoms with Crippen LogP contribution < -0.4 is 11.5 Å². The quantitative estimate of drug-likeness (QED) is 0.458. The molecule has 0 fully saturated rings. The molecule has 0 aliphatic carbocycles. The van der Waals surface area contributed by atoms with E-state index in [0.717, 1.165) is 23.4 Å². The molecule has 2 aliphatic rings. The first-order valence-corrected chi connectivity index (χ1v) is 12.8. The van der Waals surface area contributed by atoms with Gasteiger partial charge in [0.2, 0.25) is 12.3 Å². The van der Waals surface area contributed by atoms with Crippen LogP contribution in [0.1, 0.15) is 65.5 Å². The maximum atomic E-state index is 13.2. The summed E-state index contributed by atoms with van der Waals surface area (Å²) in [7, 11) is 0. The molecular weight excluding hydrogens is 559 g/mol. The second-order valence-electron chi connectivity index (χ2n) is 10.8. The van der Waals surface area contributed by atoms with E-state index in [2.05, 4.69) is 10.7 Å². The molecule has 226 valence electrons. The van der Waals surface area contributed by atoms with E-state index in [1.165, 1.54) is 9.80 Å². The highest BCUT2D eigenvalue weighted by atomic mass is 19.4. The highest BCUT2D eigenvalue weighted by Crippen LogP contribution is 2.34. The number of ether oxygens (including phenoxy) is 1. The van der Waals surface area contributed by atoms with Gasteiger partial charge < -0.3 is 26.2 Å². The van der Waals surface area contributed by atoms with Crippen molar-refractivity contribution in [2.75, 3.05) is 13.1 Å². The van der Waals surface area contributed by atoms with E-state index < -0.39 is 29.2 Å². The van der Waals surface area contributed by atoms with E-state index in [0.29, 0.717) is 11.1 Å². The topological polar surface area (TPSA) is 169 Å². The number of aliphatic hydroxyl groups excluding tert-OH is 1. The van der Waals surface area contributed by atoms with E-state index in [9.17, 15) is 32.7 Å². The number of pyridine rings is 1. The lowest BCUT2D eigenvalue weighted by Gasteiger charge is -2.27. The van der Waals surface area contributed by atoms with Crippen molar-refractivity contribution < 1.29 is 42.2 Å². The molecule has 5 N–H and O–H groups in total. The van der Waals surface area contributed by atoms with E-state index in [1.807, 2.05) is 0 Å². The highest BCUT2D eigenvalue weighted by Gasteiger charge is 2.34. The maximum absolute atomic E-state index is 13.2. The number of rotatable bonds is 4. The third-order valence-electron chi connectivity index (χ3n) is 6.78. The average Bonchev–Trinajstić information content (AvgIpc) is 3.34.